The topological polar surface area (TPSA) is 79.8 Å². The van der Waals surface area contributed by atoms with Crippen LogP contribution in [0, 0.1) is 3.57 Å². The number of piperazine rings is 1. The van der Waals surface area contributed by atoms with Gasteiger partial charge in [0.25, 0.3) is 0 Å². The second kappa shape index (κ2) is 8.19. The highest BCUT2D eigenvalue weighted by atomic mass is 127. The van der Waals surface area contributed by atoms with E-state index < -0.39 is 10.0 Å². The smallest absolute Gasteiger partial charge is 0.350 e. The molecule has 10 heteroatoms. The average Bonchev–Trinajstić information content (AvgIpc) is 3.13. The van der Waals surface area contributed by atoms with E-state index in [4.69, 9.17) is 4.74 Å². The summed E-state index contributed by atoms with van der Waals surface area (Å²) in [5.74, 6) is -0.379. The van der Waals surface area contributed by atoms with Gasteiger partial charge in [0.2, 0.25) is 10.0 Å². The number of aromatic nitrogens is 1. The Morgan fingerprint density at radius 2 is 1.88 bits per heavy atom. The van der Waals surface area contributed by atoms with E-state index in [2.05, 4.69) is 27.6 Å². The summed E-state index contributed by atoms with van der Waals surface area (Å²) < 4.78 is 32.9. The van der Waals surface area contributed by atoms with Crippen molar-refractivity contribution >= 4 is 55.1 Å². The van der Waals surface area contributed by atoms with Gasteiger partial charge in [-0.1, -0.05) is 11.3 Å². The van der Waals surface area contributed by atoms with Gasteiger partial charge in [-0.2, -0.15) is 4.31 Å². The van der Waals surface area contributed by atoms with Crippen molar-refractivity contribution in [2.45, 2.75) is 11.8 Å². The van der Waals surface area contributed by atoms with Crippen LogP contribution in [0.15, 0.2) is 35.4 Å². The zero-order chi connectivity index (χ0) is 18.7. The van der Waals surface area contributed by atoms with Crippen molar-refractivity contribution in [3.05, 3.63) is 38.9 Å². The molecule has 0 spiro atoms. The maximum Gasteiger partial charge on any atom is 0.350 e. The number of sulfonamides is 1. The Hall–Kier alpha value is -1.24. The van der Waals surface area contributed by atoms with Crippen molar-refractivity contribution in [1.82, 2.24) is 9.29 Å². The van der Waals surface area contributed by atoms with Gasteiger partial charge in [0.05, 0.1) is 17.7 Å². The molecule has 3 rings (SSSR count). The van der Waals surface area contributed by atoms with Crippen LogP contribution in [0.5, 0.6) is 0 Å². The number of carbonyl (C=O) groups is 1. The summed E-state index contributed by atoms with van der Waals surface area (Å²) in [7, 11) is -3.49. The Kier molecular flexibility index (Phi) is 6.15. The second-order valence-corrected chi connectivity index (χ2v) is 9.77. The van der Waals surface area contributed by atoms with Crippen molar-refractivity contribution < 1.29 is 17.9 Å². The number of thiazole rings is 1. The molecule has 0 saturated carbocycles. The highest BCUT2D eigenvalue weighted by Gasteiger charge is 2.29. The van der Waals surface area contributed by atoms with Crippen LogP contribution in [0.2, 0.25) is 0 Å². The van der Waals surface area contributed by atoms with Gasteiger partial charge < -0.3 is 9.64 Å². The van der Waals surface area contributed by atoms with Gasteiger partial charge in [-0.15, -0.1) is 0 Å². The van der Waals surface area contributed by atoms with Crippen LogP contribution in [0.25, 0.3) is 0 Å². The lowest BCUT2D eigenvalue weighted by Gasteiger charge is -2.33. The van der Waals surface area contributed by atoms with Crippen molar-refractivity contribution in [2.24, 2.45) is 0 Å². The third kappa shape index (κ3) is 4.18. The molecule has 1 aromatic carbocycles. The molecule has 1 aliphatic rings. The minimum Gasteiger partial charge on any atom is -0.462 e. The van der Waals surface area contributed by atoms with Gasteiger partial charge in [-0.25, -0.2) is 18.2 Å². The summed E-state index contributed by atoms with van der Waals surface area (Å²) in [4.78, 5) is 18.8. The Morgan fingerprint density at radius 1 is 1.23 bits per heavy atom. The third-order valence-corrected chi connectivity index (χ3v) is 7.60. The van der Waals surface area contributed by atoms with Crippen molar-refractivity contribution in [2.75, 3.05) is 37.7 Å². The van der Waals surface area contributed by atoms with Crippen LogP contribution < -0.4 is 4.90 Å². The van der Waals surface area contributed by atoms with Crippen LogP contribution in [0.4, 0.5) is 5.13 Å². The number of hydrogen-bond donors (Lipinski definition) is 0. The number of benzene rings is 1. The number of hydrogen-bond acceptors (Lipinski definition) is 7. The Labute approximate surface area is 170 Å². The zero-order valence-electron chi connectivity index (χ0n) is 14.1. The molecule has 140 valence electrons. The summed E-state index contributed by atoms with van der Waals surface area (Å²) >= 11 is 3.41. The van der Waals surface area contributed by atoms with Gasteiger partial charge in [0, 0.05) is 29.7 Å². The predicted octanol–water partition coefficient (Wildman–Crippen LogP) is 2.44. The highest BCUT2D eigenvalue weighted by molar-refractivity contribution is 14.1. The van der Waals surface area contributed by atoms with Gasteiger partial charge in [0.1, 0.15) is 4.88 Å². The number of carbonyl (C=O) groups excluding carboxylic acids is 1. The van der Waals surface area contributed by atoms with E-state index in [1.54, 1.807) is 31.2 Å². The largest absolute Gasteiger partial charge is 0.462 e. The molecule has 0 unspecified atom stereocenters. The molecule has 1 aromatic heterocycles. The third-order valence-electron chi connectivity index (χ3n) is 3.93. The lowest BCUT2D eigenvalue weighted by molar-refractivity contribution is 0.0532. The lowest BCUT2D eigenvalue weighted by Crippen LogP contribution is -2.48. The minimum atomic E-state index is -3.49. The minimum absolute atomic E-state index is 0.310. The van der Waals surface area contributed by atoms with Gasteiger partial charge >= 0.3 is 5.97 Å². The number of halogens is 1. The molecule has 2 heterocycles. The summed E-state index contributed by atoms with van der Waals surface area (Å²) in [6.07, 6.45) is 1.51. The summed E-state index contributed by atoms with van der Waals surface area (Å²) in [5.41, 5.74) is 0. The molecular weight excluding hydrogens is 489 g/mol. The van der Waals surface area contributed by atoms with Crippen LogP contribution in [0.3, 0.4) is 0 Å². The van der Waals surface area contributed by atoms with Crippen LogP contribution in [-0.4, -0.2) is 56.5 Å². The monoisotopic (exact) mass is 507 g/mol. The zero-order valence-corrected chi connectivity index (χ0v) is 17.9. The van der Waals surface area contributed by atoms with Crippen molar-refractivity contribution in [1.29, 1.82) is 0 Å². The highest BCUT2D eigenvalue weighted by Crippen LogP contribution is 2.26. The van der Waals surface area contributed by atoms with Gasteiger partial charge in [-0.3, -0.25) is 0 Å². The predicted molar refractivity (Wildman–Crippen MR) is 108 cm³/mol. The molecule has 2 aromatic rings. The molecule has 7 nitrogen and oxygen atoms in total. The summed E-state index contributed by atoms with van der Waals surface area (Å²) in [6.45, 7) is 3.89. The molecule has 0 aliphatic carbocycles. The van der Waals surface area contributed by atoms with Crippen molar-refractivity contribution in [3.8, 4) is 0 Å². The number of ether oxygens (including phenoxy) is 1. The molecule has 0 amide bonds. The quantitative estimate of drug-likeness (QED) is 0.457. The van der Waals surface area contributed by atoms with E-state index in [1.807, 2.05) is 4.90 Å². The number of anilines is 1. The SMILES string of the molecule is CCOC(=O)c1cnc(N2CCN(S(=O)(=O)c3ccc(I)cc3)CC2)s1. The molecule has 0 radical (unpaired) electrons. The first-order valence-corrected chi connectivity index (χ1v) is 11.4. The molecule has 0 bridgehead atoms. The van der Waals surface area contributed by atoms with E-state index in [9.17, 15) is 13.2 Å². The molecule has 0 atom stereocenters. The average molecular weight is 507 g/mol. The van der Waals surface area contributed by atoms with Gasteiger partial charge in [0.15, 0.2) is 5.13 Å². The maximum absolute atomic E-state index is 12.7. The molecule has 1 fully saturated rings. The normalized spacial score (nSPS) is 15.8. The molecular formula is C16H18IN3O4S2. The van der Waals surface area contributed by atoms with Crippen LogP contribution in [0.1, 0.15) is 16.6 Å². The Morgan fingerprint density at radius 3 is 2.50 bits per heavy atom. The first-order chi connectivity index (χ1) is 12.4. The van der Waals surface area contributed by atoms with Crippen LogP contribution in [-0.2, 0) is 14.8 Å². The fourth-order valence-electron chi connectivity index (χ4n) is 2.58. The lowest BCUT2D eigenvalue weighted by atomic mass is 10.4. The molecule has 0 N–H and O–H groups in total. The van der Waals surface area contributed by atoms with Crippen molar-refractivity contribution in [3.63, 3.8) is 0 Å². The summed E-state index contributed by atoms with van der Waals surface area (Å²) in [5, 5.41) is 0.708. The second-order valence-electron chi connectivity index (χ2n) is 5.57. The number of nitrogens with zero attached hydrogens (tertiary/aromatic N) is 3. The molecule has 26 heavy (non-hydrogen) atoms. The molecule has 1 aliphatic heterocycles. The van der Waals surface area contributed by atoms with E-state index in [0.29, 0.717) is 47.7 Å². The standard InChI is InChI=1S/C16H18IN3O4S2/c1-2-24-15(21)14-11-18-16(25-14)19-7-9-20(10-8-19)26(22,23)13-5-3-12(17)4-6-13/h3-6,11H,2,7-10H2,1H3. The summed E-state index contributed by atoms with van der Waals surface area (Å²) in [6, 6.07) is 6.85. The van der Waals surface area contributed by atoms with Crippen LogP contribution >= 0.6 is 33.9 Å². The Balaban J connectivity index is 1.65. The van der Waals surface area contributed by atoms with E-state index >= 15 is 0 Å². The van der Waals surface area contributed by atoms with E-state index in [-0.39, 0.29) is 5.97 Å². The van der Waals surface area contributed by atoms with Gasteiger partial charge in [-0.05, 0) is 53.8 Å². The van der Waals surface area contributed by atoms with E-state index in [1.165, 1.54) is 21.8 Å². The number of rotatable bonds is 5. The fraction of sp³-hybridized carbons (Fsp3) is 0.375. The maximum atomic E-state index is 12.7. The van der Waals surface area contributed by atoms with E-state index in [0.717, 1.165) is 3.57 Å². The first-order valence-electron chi connectivity index (χ1n) is 8.05. The Bertz CT molecular complexity index is 875. The first kappa shape index (κ1) is 19.5. The number of esters is 1. The fourth-order valence-corrected chi connectivity index (χ4v) is 5.23. The molecule has 1 saturated heterocycles.